The molecule has 0 radical (unpaired) electrons. The van der Waals surface area contributed by atoms with Gasteiger partial charge in [0.2, 0.25) is 0 Å². The number of hydrogen-bond donors (Lipinski definition) is 2. The van der Waals surface area contributed by atoms with Crippen LogP contribution >= 0.6 is 22.6 Å². The zero-order chi connectivity index (χ0) is 18.5. The fourth-order valence-corrected chi connectivity index (χ4v) is 3.21. The molecule has 0 atom stereocenters. The highest BCUT2D eigenvalue weighted by Gasteiger charge is 2.15. The predicted molar refractivity (Wildman–Crippen MR) is 107 cm³/mol. The van der Waals surface area contributed by atoms with Gasteiger partial charge in [-0.25, -0.2) is 0 Å². The zero-order valence-corrected chi connectivity index (χ0v) is 16.5. The second-order valence-electron chi connectivity index (χ2n) is 5.54. The molecule has 0 bridgehead atoms. The predicted octanol–water partition coefficient (Wildman–Crippen LogP) is 3.63. The van der Waals surface area contributed by atoms with Crippen molar-refractivity contribution >= 4 is 28.5 Å². The number of rotatable bonds is 6. The van der Waals surface area contributed by atoms with Crippen LogP contribution in [0.1, 0.15) is 15.9 Å². The molecule has 2 aromatic carbocycles. The summed E-state index contributed by atoms with van der Waals surface area (Å²) in [6.07, 6.45) is 1.72. The van der Waals surface area contributed by atoms with Gasteiger partial charge in [-0.2, -0.15) is 5.10 Å². The Balaban J connectivity index is 1.69. The van der Waals surface area contributed by atoms with Crippen LogP contribution in [0.4, 0.5) is 0 Å². The summed E-state index contributed by atoms with van der Waals surface area (Å²) in [6, 6.07) is 13.3. The molecule has 2 N–H and O–H groups in total. The highest BCUT2D eigenvalue weighted by atomic mass is 127. The molecule has 134 valence electrons. The van der Waals surface area contributed by atoms with E-state index in [0.717, 1.165) is 20.4 Å². The number of aromatic nitrogens is 2. The SMILES string of the molecule is COc1cc(I)c(C(=O)NCc2ccc(-c3ccn[nH]3)cc2)cc1OC. The Morgan fingerprint density at radius 3 is 2.42 bits per heavy atom. The van der Waals surface area contributed by atoms with Gasteiger partial charge in [-0.05, 0) is 51.9 Å². The van der Waals surface area contributed by atoms with Crippen molar-refractivity contribution in [2.75, 3.05) is 14.2 Å². The van der Waals surface area contributed by atoms with Crippen LogP contribution in [0.5, 0.6) is 11.5 Å². The van der Waals surface area contributed by atoms with Crippen LogP contribution in [0.25, 0.3) is 11.3 Å². The minimum absolute atomic E-state index is 0.159. The molecule has 1 aromatic heterocycles. The molecule has 0 fully saturated rings. The van der Waals surface area contributed by atoms with E-state index in [0.29, 0.717) is 23.6 Å². The Bertz CT molecular complexity index is 893. The fourth-order valence-electron chi connectivity index (χ4n) is 2.52. The highest BCUT2D eigenvalue weighted by Crippen LogP contribution is 2.31. The lowest BCUT2D eigenvalue weighted by Crippen LogP contribution is -2.23. The normalized spacial score (nSPS) is 10.4. The van der Waals surface area contributed by atoms with Crippen LogP contribution < -0.4 is 14.8 Å². The molecular formula is C19H18IN3O3. The number of hydrogen-bond acceptors (Lipinski definition) is 4. The summed E-state index contributed by atoms with van der Waals surface area (Å²) in [5.74, 6) is 0.970. The smallest absolute Gasteiger partial charge is 0.252 e. The van der Waals surface area contributed by atoms with Gasteiger partial charge >= 0.3 is 0 Å². The van der Waals surface area contributed by atoms with Gasteiger partial charge in [0, 0.05) is 16.3 Å². The van der Waals surface area contributed by atoms with E-state index in [1.165, 1.54) is 0 Å². The second-order valence-corrected chi connectivity index (χ2v) is 6.70. The zero-order valence-electron chi connectivity index (χ0n) is 14.4. The van der Waals surface area contributed by atoms with Crippen molar-refractivity contribution in [1.82, 2.24) is 15.5 Å². The van der Waals surface area contributed by atoms with Crippen molar-refractivity contribution < 1.29 is 14.3 Å². The Morgan fingerprint density at radius 2 is 1.81 bits per heavy atom. The van der Waals surface area contributed by atoms with Crippen molar-refractivity contribution in [1.29, 1.82) is 0 Å². The van der Waals surface area contributed by atoms with Crippen molar-refractivity contribution in [2.45, 2.75) is 6.54 Å². The monoisotopic (exact) mass is 463 g/mol. The van der Waals surface area contributed by atoms with Crippen LogP contribution in [-0.4, -0.2) is 30.3 Å². The molecule has 0 aliphatic carbocycles. The molecule has 3 rings (SSSR count). The third kappa shape index (κ3) is 3.98. The molecule has 7 heteroatoms. The van der Waals surface area contributed by atoms with Gasteiger partial charge in [0.15, 0.2) is 11.5 Å². The maximum absolute atomic E-state index is 12.5. The lowest BCUT2D eigenvalue weighted by atomic mass is 10.1. The highest BCUT2D eigenvalue weighted by molar-refractivity contribution is 14.1. The Kier molecular flexibility index (Phi) is 5.77. The van der Waals surface area contributed by atoms with Crippen LogP contribution in [0.15, 0.2) is 48.7 Å². The molecule has 0 spiro atoms. The summed E-state index contributed by atoms with van der Waals surface area (Å²) >= 11 is 2.12. The summed E-state index contributed by atoms with van der Waals surface area (Å²) in [5.41, 5.74) is 3.57. The standard InChI is InChI=1S/C19H18IN3O3/c1-25-17-9-14(15(20)10-18(17)26-2)19(24)21-11-12-3-5-13(6-4-12)16-7-8-22-23-16/h3-10H,11H2,1-2H3,(H,21,24)(H,22,23). The number of nitrogens with zero attached hydrogens (tertiary/aromatic N) is 1. The molecule has 0 saturated heterocycles. The number of benzene rings is 2. The van der Waals surface area contributed by atoms with E-state index in [1.807, 2.05) is 30.3 Å². The average molecular weight is 463 g/mol. The van der Waals surface area contributed by atoms with Gasteiger partial charge in [-0.1, -0.05) is 24.3 Å². The molecule has 0 aliphatic rings. The summed E-state index contributed by atoms with van der Waals surface area (Å²) in [5, 5.41) is 9.81. The van der Waals surface area contributed by atoms with Gasteiger partial charge in [0.05, 0.1) is 25.5 Å². The van der Waals surface area contributed by atoms with E-state index in [1.54, 1.807) is 32.5 Å². The van der Waals surface area contributed by atoms with Crippen molar-refractivity contribution in [2.24, 2.45) is 0 Å². The maximum Gasteiger partial charge on any atom is 0.252 e. The summed E-state index contributed by atoms with van der Waals surface area (Å²) < 4.78 is 11.3. The number of amides is 1. The number of halogens is 1. The molecule has 0 aliphatic heterocycles. The molecule has 1 heterocycles. The minimum Gasteiger partial charge on any atom is -0.493 e. The Morgan fingerprint density at radius 1 is 1.12 bits per heavy atom. The van der Waals surface area contributed by atoms with Gasteiger partial charge in [-0.3, -0.25) is 9.89 Å². The van der Waals surface area contributed by atoms with Gasteiger partial charge in [0.1, 0.15) is 0 Å². The first-order valence-corrected chi connectivity index (χ1v) is 8.98. The second kappa shape index (κ2) is 8.22. The third-order valence-corrected chi connectivity index (χ3v) is 4.83. The summed E-state index contributed by atoms with van der Waals surface area (Å²) in [6.45, 7) is 0.437. The quantitative estimate of drug-likeness (QED) is 0.548. The van der Waals surface area contributed by atoms with Crippen LogP contribution in [-0.2, 0) is 6.54 Å². The van der Waals surface area contributed by atoms with Crippen LogP contribution in [0.3, 0.4) is 0 Å². The number of carbonyl (C=O) groups excluding carboxylic acids is 1. The molecule has 0 unspecified atom stereocenters. The maximum atomic E-state index is 12.5. The first-order valence-electron chi connectivity index (χ1n) is 7.90. The summed E-state index contributed by atoms with van der Waals surface area (Å²) in [4.78, 5) is 12.5. The van der Waals surface area contributed by atoms with E-state index < -0.39 is 0 Å². The van der Waals surface area contributed by atoms with E-state index in [2.05, 4.69) is 38.1 Å². The first-order chi connectivity index (χ1) is 12.6. The average Bonchev–Trinajstić information content (AvgIpc) is 3.21. The van der Waals surface area contributed by atoms with Crippen molar-refractivity contribution in [3.05, 3.63) is 63.4 Å². The molecule has 3 aromatic rings. The number of aromatic amines is 1. The van der Waals surface area contributed by atoms with E-state index >= 15 is 0 Å². The number of carbonyl (C=O) groups is 1. The topological polar surface area (TPSA) is 76.2 Å². The Labute approximate surface area is 165 Å². The number of ether oxygens (including phenoxy) is 2. The van der Waals surface area contributed by atoms with E-state index in [9.17, 15) is 4.79 Å². The summed E-state index contributed by atoms with van der Waals surface area (Å²) in [7, 11) is 3.12. The van der Waals surface area contributed by atoms with Gasteiger partial charge in [-0.15, -0.1) is 0 Å². The number of H-pyrrole nitrogens is 1. The molecule has 1 amide bonds. The largest absolute Gasteiger partial charge is 0.493 e. The van der Waals surface area contributed by atoms with E-state index in [4.69, 9.17) is 9.47 Å². The Hall–Kier alpha value is -2.55. The molecule has 0 saturated carbocycles. The van der Waals surface area contributed by atoms with Gasteiger partial charge in [0.25, 0.3) is 5.91 Å². The lowest BCUT2D eigenvalue weighted by Gasteiger charge is -2.12. The van der Waals surface area contributed by atoms with E-state index in [-0.39, 0.29) is 5.91 Å². The molecular weight excluding hydrogens is 445 g/mol. The van der Waals surface area contributed by atoms with Crippen molar-refractivity contribution in [3.8, 4) is 22.8 Å². The lowest BCUT2D eigenvalue weighted by molar-refractivity contribution is 0.0949. The van der Waals surface area contributed by atoms with Crippen molar-refractivity contribution in [3.63, 3.8) is 0 Å². The van der Waals surface area contributed by atoms with Gasteiger partial charge < -0.3 is 14.8 Å². The third-order valence-electron chi connectivity index (χ3n) is 3.94. The number of nitrogens with one attached hydrogen (secondary N) is 2. The molecule has 26 heavy (non-hydrogen) atoms. The number of methoxy groups -OCH3 is 2. The fraction of sp³-hybridized carbons (Fsp3) is 0.158. The molecule has 6 nitrogen and oxygen atoms in total. The first kappa shape index (κ1) is 18.2. The minimum atomic E-state index is -0.159. The van der Waals surface area contributed by atoms with Crippen LogP contribution in [0.2, 0.25) is 0 Å². The van der Waals surface area contributed by atoms with Crippen LogP contribution in [0, 0.1) is 3.57 Å².